The number of carbonyl (C=O) groups is 2. The summed E-state index contributed by atoms with van der Waals surface area (Å²) in [6, 6.07) is 7.84. The Balaban J connectivity index is 1.37. The summed E-state index contributed by atoms with van der Waals surface area (Å²) < 4.78 is 119. The molecular weight excluding hydrogens is 1010 g/mol. The minimum atomic E-state index is -5.28. The highest BCUT2D eigenvalue weighted by molar-refractivity contribution is 7.80. The standard InChI is InChI=1S/C31H47FN2O25P6/c1-33(18-6-4-5-17(32)7-18)30(39)28-26(37)24(35)22(57-28)12-56-64(50,51)15-61(43,44)16-65(52,53)59-21-9-19(8-20(10-21)54-3)34(2)31(40)29-27(38)25(36)23(58-29)11-55-63(48,49)14-60(41,42)13-62(45,46)47/h4-10,22-29,35-38H,11-16H2,1-3H3,(H,41,42)(H,43,44)(H,48,49)(H,50,51)(H,52,53)(H2,45,46,47)/t22-,23-,24-,25-,26-,27-,28?,29?/m1/s1. The maximum absolute atomic E-state index is 13.7. The van der Waals surface area contributed by atoms with E-state index in [1.54, 1.807) is 0 Å². The molecule has 4 rings (SSSR count). The molecule has 7 unspecified atom stereocenters. The van der Waals surface area contributed by atoms with Gasteiger partial charge in [0.05, 0.1) is 26.0 Å². The van der Waals surface area contributed by atoms with Gasteiger partial charge in [-0.2, -0.15) is 0 Å². The third-order valence-electron chi connectivity index (χ3n) is 9.29. The van der Waals surface area contributed by atoms with Crippen LogP contribution in [0.4, 0.5) is 15.8 Å². The summed E-state index contributed by atoms with van der Waals surface area (Å²) in [6.07, 6.45) is -14.9. The number of ether oxygens (including phenoxy) is 3. The molecule has 2 aromatic rings. The van der Waals surface area contributed by atoms with Crippen molar-refractivity contribution in [2.75, 3.05) is 67.8 Å². The van der Waals surface area contributed by atoms with Gasteiger partial charge in [-0.25, -0.2) is 8.96 Å². The van der Waals surface area contributed by atoms with Crippen molar-refractivity contribution < 1.29 is 124 Å². The Morgan fingerprint density at radius 3 is 1.49 bits per heavy atom. The van der Waals surface area contributed by atoms with Gasteiger partial charge in [0.1, 0.15) is 77.6 Å². The highest BCUT2D eigenvalue weighted by atomic mass is 31.3. The van der Waals surface area contributed by atoms with E-state index in [1.807, 2.05) is 0 Å². The Kier molecular flexibility index (Phi) is 18.0. The molecule has 2 aliphatic heterocycles. The third kappa shape index (κ3) is 15.6. The van der Waals surface area contributed by atoms with Crippen molar-refractivity contribution in [2.24, 2.45) is 0 Å². The van der Waals surface area contributed by atoms with Gasteiger partial charge in [-0.3, -0.25) is 32.4 Å². The van der Waals surface area contributed by atoms with Gasteiger partial charge in [-0.15, -0.1) is 0 Å². The zero-order valence-corrected chi connectivity index (χ0v) is 39.4. The van der Waals surface area contributed by atoms with Gasteiger partial charge in [-0.05, 0) is 18.2 Å². The van der Waals surface area contributed by atoms with Gasteiger partial charge in [0.15, 0.2) is 12.2 Å². The van der Waals surface area contributed by atoms with E-state index in [4.69, 9.17) is 33.0 Å². The SMILES string of the molecule is COc1cc(OP(=O)(O)CP(=O)(O)CP(=O)(O)OC[C@H]2OC(C(=O)N(C)c3cccc(F)c3)[C@H](O)[C@@H]2O)cc(N(C)C(=O)C2O[C@H](COP(=O)(O)CP(=O)(O)CP(=O)(O)O)[C@@H](O)[C@H]2O)c1. The van der Waals surface area contributed by atoms with Crippen molar-refractivity contribution >= 4 is 68.3 Å². The van der Waals surface area contributed by atoms with Crippen LogP contribution >= 0.6 is 45.1 Å². The molecule has 2 heterocycles. The van der Waals surface area contributed by atoms with Crippen molar-refractivity contribution in [1.82, 2.24) is 0 Å². The minimum Gasteiger partial charge on any atom is -0.497 e. The fourth-order valence-corrected chi connectivity index (χ4v) is 19.7. The summed E-state index contributed by atoms with van der Waals surface area (Å²) in [5, 5.41) is 42.0. The van der Waals surface area contributed by atoms with Gasteiger partial charge in [0.25, 0.3) is 11.8 Å². The molecule has 11 N–H and O–H groups in total. The lowest BCUT2D eigenvalue weighted by Crippen LogP contribution is -2.43. The molecule has 0 aromatic heterocycles. The number of aliphatic hydroxyl groups excluding tert-OH is 4. The zero-order valence-electron chi connectivity index (χ0n) is 34.0. The maximum Gasteiger partial charge on any atom is 0.386 e. The van der Waals surface area contributed by atoms with E-state index in [0.29, 0.717) is 0 Å². The quantitative estimate of drug-likeness (QED) is 0.0730. The number of likely N-dealkylation sites (N-methyl/N-ethyl adjacent to an activating group) is 2. The molecular formula is C31H47FN2O25P6. The number of rotatable bonds is 21. The molecule has 0 bridgehead atoms. The van der Waals surface area contributed by atoms with Crippen molar-refractivity contribution in [1.29, 1.82) is 0 Å². The number of halogens is 1. The van der Waals surface area contributed by atoms with Gasteiger partial charge in [-0.1, -0.05) is 6.07 Å². The Morgan fingerprint density at radius 1 is 0.615 bits per heavy atom. The van der Waals surface area contributed by atoms with Crippen LogP contribution in [0.3, 0.4) is 0 Å². The Bertz CT molecular complexity index is 2370. The van der Waals surface area contributed by atoms with Crippen LogP contribution in [0.15, 0.2) is 42.5 Å². The van der Waals surface area contributed by atoms with Crippen LogP contribution in [0, 0.1) is 5.82 Å². The average Bonchev–Trinajstić information content (AvgIpc) is 3.61. The van der Waals surface area contributed by atoms with E-state index in [2.05, 4.69) is 4.52 Å². The van der Waals surface area contributed by atoms with Crippen molar-refractivity contribution in [2.45, 2.75) is 48.8 Å². The third-order valence-corrected chi connectivity index (χ3v) is 23.7. The number of amides is 2. The van der Waals surface area contributed by atoms with Crippen LogP contribution in [0.25, 0.3) is 0 Å². The molecule has 65 heavy (non-hydrogen) atoms. The first-order valence-corrected chi connectivity index (χ1v) is 29.4. The summed E-state index contributed by atoms with van der Waals surface area (Å²) in [5.74, 6) is -10.1. The number of carbonyl (C=O) groups excluding carboxylic acids is 2. The first-order valence-electron chi connectivity index (χ1n) is 18.3. The predicted octanol–water partition coefficient (Wildman–Crippen LogP) is -0.0448. The minimum absolute atomic E-state index is 0.0562. The van der Waals surface area contributed by atoms with Crippen LogP contribution < -0.4 is 19.1 Å². The topological polar surface area (TPSA) is 421 Å². The zero-order chi connectivity index (χ0) is 49.2. The summed E-state index contributed by atoms with van der Waals surface area (Å²) >= 11 is 0. The average molecular weight is 1050 g/mol. The molecule has 368 valence electrons. The molecule has 2 fully saturated rings. The van der Waals surface area contributed by atoms with Crippen LogP contribution in [0.2, 0.25) is 0 Å². The highest BCUT2D eigenvalue weighted by Gasteiger charge is 2.50. The molecule has 0 spiro atoms. The van der Waals surface area contributed by atoms with Crippen LogP contribution in [-0.4, -0.2) is 173 Å². The van der Waals surface area contributed by atoms with Gasteiger partial charge >= 0.3 is 30.4 Å². The molecule has 2 amide bonds. The van der Waals surface area contributed by atoms with E-state index in [1.165, 1.54) is 19.2 Å². The van der Waals surface area contributed by atoms with E-state index >= 15 is 0 Å². The first kappa shape index (κ1) is 55.3. The Morgan fingerprint density at radius 2 is 1.05 bits per heavy atom. The fraction of sp³-hybridized carbons (Fsp3) is 0.548. The van der Waals surface area contributed by atoms with Gasteiger partial charge in [0, 0.05) is 38.0 Å². The van der Waals surface area contributed by atoms with Crippen LogP contribution in [0.5, 0.6) is 11.5 Å². The molecule has 0 radical (unpaired) electrons. The van der Waals surface area contributed by atoms with E-state index < -0.39 is 154 Å². The maximum atomic E-state index is 13.7. The fourth-order valence-electron chi connectivity index (χ4n) is 6.29. The summed E-state index contributed by atoms with van der Waals surface area (Å²) in [5.41, 5.74) is -0.176. The lowest BCUT2D eigenvalue weighted by atomic mass is 10.1. The Labute approximate surface area is 367 Å². The number of nitrogens with zero attached hydrogens (tertiary/aromatic N) is 2. The van der Waals surface area contributed by atoms with Crippen molar-refractivity contribution in [3.63, 3.8) is 0 Å². The van der Waals surface area contributed by atoms with Crippen molar-refractivity contribution in [3.8, 4) is 11.5 Å². The van der Waals surface area contributed by atoms with E-state index in [0.717, 1.165) is 54.3 Å². The lowest BCUT2D eigenvalue weighted by Gasteiger charge is -2.24. The number of anilines is 2. The number of hydrogen-bond acceptors (Lipinski definition) is 18. The lowest BCUT2D eigenvalue weighted by molar-refractivity contribution is -0.133. The largest absolute Gasteiger partial charge is 0.497 e. The predicted molar refractivity (Wildman–Crippen MR) is 221 cm³/mol. The summed E-state index contributed by atoms with van der Waals surface area (Å²) in [4.78, 5) is 97.2. The Hall–Kier alpha value is -2.31. The smallest absolute Gasteiger partial charge is 0.386 e. The second kappa shape index (κ2) is 21.1. The van der Waals surface area contributed by atoms with Crippen molar-refractivity contribution in [3.05, 3.63) is 48.3 Å². The molecule has 0 saturated carbocycles. The van der Waals surface area contributed by atoms with Crippen LogP contribution in [-0.2, 0) is 55.5 Å². The molecule has 2 aliphatic rings. The second-order valence-electron chi connectivity index (χ2n) is 14.8. The van der Waals surface area contributed by atoms with Gasteiger partial charge in [0.2, 0.25) is 14.7 Å². The normalized spacial score (nSPS) is 28.2. The molecule has 2 aromatic carbocycles. The monoisotopic (exact) mass is 1050 g/mol. The first-order chi connectivity index (χ1) is 29.6. The number of methoxy groups -OCH3 is 1. The highest BCUT2D eigenvalue weighted by Crippen LogP contribution is 2.65. The summed E-state index contributed by atoms with van der Waals surface area (Å²) in [6.45, 7) is -2.11. The van der Waals surface area contributed by atoms with E-state index in [-0.39, 0.29) is 17.1 Å². The molecule has 2 saturated heterocycles. The second-order valence-corrected chi connectivity index (χ2v) is 28.6. The molecule has 34 heteroatoms. The number of benzene rings is 2. The summed E-state index contributed by atoms with van der Waals surface area (Å²) in [7, 11) is -27.3. The molecule has 0 aliphatic carbocycles. The van der Waals surface area contributed by atoms with Crippen LogP contribution in [0.1, 0.15) is 0 Å². The molecule has 13 atom stereocenters. The molecule has 27 nitrogen and oxygen atoms in total. The van der Waals surface area contributed by atoms with Gasteiger partial charge < -0.3 is 92.3 Å². The number of hydrogen-bond donors (Lipinski definition) is 11. The van der Waals surface area contributed by atoms with E-state index in [9.17, 15) is 86.3 Å². The number of aliphatic hydroxyl groups is 4.